The highest BCUT2D eigenvalue weighted by atomic mass is 19.1. The van der Waals surface area contributed by atoms with E-state index in [2.05, 4.69) is 20.9 Å². The summed E-state index contributed by atoms with van der Waals surface area (Å²) in [6.07, 6.45) is -0.0271. The summed E-state index contributed by atoms with van der Waals surface area (Å²) in [4.78, 5) is 22.3. The van der Waals surface area contributed by atoms with Crippen molar-refractivity contribution in [2.45, 2.75) is 37.5 Å². The van der Waals surface area contributed by atoms with Gasteiger partial charge in [0.25, 0.3) is 5.91 Å². The predicted molar refractivity (Wildman–Crippen MR) is 172 cm³/mol. The molecule has 0 saturated carbocycles. The van der Waals surface area contributed by atoms with Gasteiger partial charge in [-0.1, -0.05) is 59.7 Å². The average molecular weight is 641 g/mol. The first-order valence-electron chi connectivity index (χ1n) is 15.1. The highest BCUT2D eigenvalue weighted by Crippen LogP contribution is 2.43. The van der Waals surface area contributed by atoms with Gasteiger partial charge in [-0.05, 0) is 70.6 Å². The van der Waals surface area contributed by atoms with E-state index in [0.29, 0.717) is 41.0 Å². The molecule has 3 N–H and O–H groups in total. The Morgan fingerprint density at radius 1 is 1.00 bits per heavy atom. The number of benzene rings is 4. The Labute approximate surface area is 270 Å². The molecule has 4 aromatic carbocycles. The first-order chi connectivity index (χ1) is 22.9. The van der Waals surface area contributed by atoms with E-state index < -0.39 is 29.2 Å². The maximum Gasteiger partial charge on any atom is 0.266 e. The zero-order valence-electron chi connectivity index (χ0n) is 25.5. The second-order valence-corrected chi connectivity index (χ2v) is 10.9. The van der Waals surface area contributed by atoms with Gasteiger partial charge in [0.05, 0.1) is 13.2 Å². The molecule has 0 spiro atoms. The first-order valence-corrected chi connectivity index (χ1v) is 15.1. The standard InChI is InChI=1S/C35H34F2N6O4/c36-28-19-25(20-29(37)21-28)15-16-39-42-34(45)35(22-24-7-2-1-3-8-24)32(31-10-5-4-9-27(31)23-40-43-38)47-33(41-35)26-11-13-30(14-12-26)46-18-6-17-44/h1-5,7-14,19-21,32,39,44H,6,15-18,22-23H2,(H,42,45)/t32-,35-/m0/s1. The van der Waals surface area contributed by atoms with Gasteiger partial charge in [0, 0.05) is 42.5 Å². The monoisotopic (exact) mass is 640 g/mol. The lowest BCUT2D eigenvalue weighted by molar-refractivity contribution is -0.130. The maximum absolute atomic E-state index is 14.4. The summed E-state index contributed by atoms with van der Waals surface area (Å²) in [6.45, 7) is 0.602. The summed E-state index contributed by atoms with van der Waals surface area (Å²) in [7, 11) is 0. The van der Waals surface area contributed by atoms with Gasteiger partial charge in [0.15, 0.2) is 11.6 Å². The normalized spacial score (nSPS) is 16.9. The Balaban J connectivity index is 1.51. The molecule has 1 amide bonds. The molecule has 0 saturated heterocycles. The van der Waals surface area contributed by atoms with Crippen molar-refractivity contribution in [2.75, 3.05) is 19.8 Å². The molecule has 1 aliphatic rings. The molecule has 2 atom stereocenters. The van der Waals surface area contributed by atoms with Crippen LogP contribution in [0.3, 0.4) is 0 Å². The van der Waals surface area contributed by atoms with Crippen LogP contribution in [0.15, 0.2) is 107 Å². The molecule has 47 heavy (non-hydrogen) atoms. The summed E-state index contributed by atoms with van der Waals surface area (Å²) in [5.74, 6) is -1.01. The van der Waals surface area contributed by atoms with E-state index in [1.807, 2.05) is 54.6 Å². The van der Waals surface area contributed by atoms with E-state index in [4.69, 9.17) is 25.1 Å². The van der Waals surface area contributed by atoms with Crippen molar-refractivity contribution >= 4 is 11.8 Å². The molecule has 10 nitrogen and oxygen atoms in total. The van der Waals surface area contributed by atoms with Gasteiger partial charge in [-0.3, -0.25) is 10.2 Å². The number of hydrogen-bond acceptors (Lipinski definition) is 7. The third-order valence-electron chi connectivity index (χ3n) is 7.65. The molecule has 0 fully saturated rings. The van der Waals surface area contributed by atoms with E-state index in [1.165, 1.54) is 12.1 Å². The zero-order valence-corrected chi connectivity index (χ0v) is 25.5. The SMILES string of the molecule is [N-]=[N+]=NCc1ccccc1[C@@H]1OC(c2ccc(OCCCO)cc2)=N[C@]1(Cc1ccccc1)C(=O)NNCCc1cc(F)cc(F)c1. The van der Waals surface area contributed by atoms with Gasteiger partial charge in [-0.25, -0.2) is 19.2 Å². The summed E-state index contributed by atoms with van der Waals surface area (Å²) >= 11 is 0. The zero-order chi connectivity index (χ0) is 33.1. The molecule has 1 heterocycles. The number of nitrogens with one attached hydrogen (secondary N) is 2. The fourth-order valence-corrected chi connectivity index (χ4v) is 5.42. The Morgan fingerprint density at radius 3 is 2.45 bits per heavy atom. The van der Waals surface area contributed by atoms with E-state index in [0.717, 1.165) is 11.6 Å². The molecule has 1 aliphatic heterocycles. The number of aliphatic hydroxyl groups excluding tert-OH is 1. The average Bonchev–Trinajstić information content (AvgIpc) is 3.46. The van der Waals surface area contributed by atoms with Crippen LogP contribution in [0.4, 0.5) is 8.78 Å². The third kappa shape index (κ3) is 8.30. The minimum Gasteiger partial charge on any atom is -0.494 e. The largest absolute Gasteiger partial charge is 0.494 e. The number of nitrogens with zero attached hydrogens (tertiary/aromatic N) is 4. The molecule has 4 aromatic rings. The quantitative estimate of drug-likeness (QED) is 0.0488. The number of aliphatic imine (C=N–C) groups is 1. The lowest BCUT2D eigenvalue weighted by Gasteiger charge is -2.31. The summed E-state index contributed by atoms with van der Waals surface area (Å²) in [5.41, 5.74) is 16.4. The van der Waals surface area contributed by atoms with Crippen LogP contribution in [0.2, 0.25) is 0 Å². The molecule has 0 bridgehead atoms. The van der Waals surface area contributed by atoms with E-state index in [-0.39, 0.29) is 38.4 Å². The minimum atomic E-state index is -1.53. The Bertz CT molecular complexity index is 1730. The molecule has 0 aromatic heterocycles. The number of ether oxygens (including phenoxy) is 2. The molecule has 12 heteroatoms. The second kappa shape index (κ2) is 15.8. The van der Waals surface area contributed by atoms with Crippen molar-refractivity contribution in [1.29, 1.82) is 0 Å². The maximum atomic E-state index is 14.4. The first kappa shape index (κ1) is 33.1. The minimum absolute atomic E-state index is 0.0229. The van der Waals surface area contributed by atoms with E-state index in [9.17, 15) is 13.6 Å². The van der Waals surface area contributed by atoms with Gasteiger partial charge < -0.3 is 14.6 Å². The molecule has 0 unspecified atom stereocenters. The highest BCUT2D eigenvalue weighted by molar-refractivity contribution is 6.01. The van der Waals surface area contributed by atoms with Crippen LogP contribution in [0, 0.1) is 11.6 Å². The number of halogens is 2. The number of azide groups is 1. The number of hydrogen-bond donors (Lipinski definition) is 3. The third-order valence-corrected chi connectivity index (χ3v) is 7.65. The van der Waals surface area contributed by atoms with Crippen molar-refractivity contribution in [1.82, 2.24) is 10.9 Å². The number of carbonyl (C=O) groups is 1. The molecule has 242 valence electrons. The molecular formula is C35H34F2N6O4. The fourth-order valence-electron chi connectivity index (χ4n) is 5.42. The van der Waals surface area contributed by atoms with E-state index >= 15 is 0 Å². The number of rotatable bonds is 15. The van der Waals surface area contributed by atoms with Crippen LogP contribution < -0.4 is 15.6 Å². The molecular weight excluding hydrogens is 606 g/mol. The second-order valence-electron chi connectivity index (χ2n) is 10.9. The van der Waals surface area contributed by atoms with Crippen molar-refractivity contribution < 1.29 is 28.2 Å². The number of aliphatic hydroxyl groups is 1. The summed E-state index contributed by atoms with van der Waals surface area (Å²) in [5, 5.41) is 12.8. The van der Waals surface area contributed by atoms with Crippen molar-refractivity contribution in [3.05, 3.63) is 147 Å². The van der Waals surface area contributed by atoms with Gasteiger partial charge in [0.1, 0.15) is 17.4 Å². The fraction of sp³-hybridized carbons (Fsp3) is 0.257. The van der Waals surface area contributed by atoms with Crippen LogP contribution in [-0.2, 0) is 28.9 Å². The van der Waals surface area contributed by atoms with Crippen LogP contribution in [0.1, 0.15) is 40.3 Å². The van der Waals surface area contributed by atoms with Crippen LogP contribution >= 0.6 is 0 Å². The number of amides is 1. The highest BCUT2D eigenvalue weighted by Gasteiger charge is 2.53. The number of carbonyl (C=O) groups excluding carboxylic acids is 1. The topological polar surface area (TPSA) is 141 Å². The Morgan fingerprint density at radius 2 is 1.72 bits per heavy atom. The Kier molecular flexibility index (Phi) is 11.1. The Hall–Kier alpha value is -5.29. The lowest BCUT2D eigenvalue weighted by Crippen LogP contribution is -2.54. The molecule has 5 rings (SSSR count). The summed E-state index contributed by atoms with van der Waals surface area (Å²) < 4.78 is 39.7. The van der Waals surface area contributed by atoms with Gasteiger partial charge in [-0.15, -0.1) is 0 Å². The van der Waals surface area contributed by atoms with Crippen LogP contribution in [-0.4, -0.2) is 42.2 Å². The van der Waals surface area contributed by atoms with Crippen molar-refractivity contribution in [2.24, 2.45) is 10.1 Å². The van der Waals surface area contributed by atoms with Gasteiger partial charge in [-0.2, -0.15) is 0 Å². The van der Waals surface area contributed by atoms with Crippen molar-refractivity contribution in [3.63, 3.8) is 0 Å². The summed E-state index contributed by atoms with van der Waals surface area (Å²) in [6, 6.07) is 27.1. The lowest BCUT2D eigenvalue weighted by atomic mass is 9.81. The van der Waals surface area contributed by atoms with Gasteiger partial charge in [0.2, 0.25) is 5.90 Å². The van der Waals surface area contributed by atoms with Crippen molar-refractivity contribution in [3.8, 4) is 5.75 Å². The van der Waals surface area contributed by atoms with Gasteiger partial charge >= 0.3 is 0 Å². The molecule has 0 aliphatic carbocycles. The molecule has 0 radical (unpaired) electrons. The number of hydrazine groups is 1. The predicted octanol–water partition coefficient (Wildman–Crippen LogP) is 5.90. The smallest absolute Gasteiger partial charge is 0.266 e. The van der Waals surface area contributed by atoms with Crippen LogP contribution in [0.5, 0.6) is 5.75 Å². The van der Waals surface area contributed by atoms with Crippen LogP contribution in [0.25, 0.3) is 10.4 Å². The van der Waals surface area contributed by atoms with E-state index in [1.54, 1.807) is 24.3 Å².